The third-order valence-electron chi connectivity index (χ3n) is 3.47. The molecule has 3 N–H and O–H groups in total. The van der Waals surface area contributed by atoms with Crippen LogP contribution in [0.3, 0.4) is 0 Å². The van der Waals surface area contributed by atoms with E-state index in [4.69, 9.17) is 17.4 Å². The summed E-state index contributed by atoms with van der Waals surface area (Å²) in [4.78, 5) is 11.9. The number of hydrogen-bond donors (Lipinski definition) is 2. The lowest BCUT2D eigenvalue weighted by Crippen LogP contribution is -2.37. The van der Waals surface area contributed by atoms with Gasteiger partial charge in [-0.3, -0.25) is 4.79 Å². The van der Waals surface area contributed by atoms with E-state index < -0.39 is 0 Å². The molecule has 0 aliphatic heterocycles. The number of nitrogens with one attached hydrogen (secondary N) is 1. The second-order valence-corrected chi connectivity index (χ2v) is 6.95. The molecule has 0 saturated carbocycles. The van der Waals surface area contributed by atoms with Gasteiger partial charge in [-0.25, -0.2) is 4.68 Å². The molecule has 1 atom stereocenters. The van der Waals surface area contributed by atoms with Gasteiger partial charge in [0.2, 0.25) is 11.1 Å². The number of nitrogens with two attached hydrogens (primary N) is 1. The highest BCUT2D eigenvalue weighted by molar-refractivity contribution is 7.99. The minimum absolute atomic E-state index is 0.0523. The Morgan fingerprint density at radius 3 is 2.78 bits per heavy atom. The van der Waals surface area contributed by atoms with Crippen LogP contribution in [0.15, 0.2) is 29.4 Å². The smallest absolute Gasteiger partial charge is 0.230 e. The highest BCUT2D eigenvalue weighted by atomic mass is 35.5. The van der Waals surface area contributed by atoms with Crippen LogP contribution in [-0.4, -0.2) is 32.6 Å². The molecule has 0 bridgehead atoms. The van der Waals surface area contributed by atoms with Crippen LogP contribution in [0.5, 0.6) is 0 Å². The van der Waals surface area contributed by atoms with Gasteiger partial charge in [0, 0.05) is 16.6 Å². The monoisotopic (exact) mass is 353 g/mol. The van der Waals surface area contributed by atoms with Crippen molar-refractivity contribution in [2.24, 2.45) is 5.92 Å². The van der Waals surface area contributed by atoms with Gasteiger partial charge in [-0.05, 0) is 25.0 Å². The number of hydrogen-bond acceptors (Lipinski definition) is 5. The molecule has 1 amide bonds. The normalized spacial score (nSPS) is 12.4. The highest BCUT2D eigenvalue weighted by Gasteiger charge is 2.15. The zero-order chi connectivity index (χ0) is 17.0. The molecule has 1 heterocycles. The minimum atomic E-state index is -0.0523. The molecule has 124 valence electrons. The van der Waals surface area contributed by atoms with Gasteiger partial charge in [-0.15, -0.1) is 10.2 Å². The van der Waals surface area contributed by atoms with E-state index in [-0.39, 0.29) is 17.7 Å². The SMILES string of the molecule is CC(C)C(C)NC(=O)CSc1nnc(-c2cccc(Cl)c2)n1N. The molecule has 0 fully saturated rings. The third-order valence-corrected chi connectivity index (χ3v) is 4.65. The minimum Gasteiger partial charge on any atom is -0.353 e. The Balaban J connectivity index is 2.01. The summed E-state index contributed by atoms with van der Waals surface area (Å²) in [5.74, 6) is 7.09. The van der Waals surface area contributed by atoms with Crippen molar-refractivity contribution in [3.05, 3.63) is 29.3 Å². The predicted octanol–water partition coefficient (Wildman–Crippen LogP) is 2.57. The zero-order valence-corrected chi connectivity index (χ0v) is 14.9. The summed E-state index contributed by atoms with van der Waals surface area (Å²) < 4.78 is 1.37. The summed E-state index contributed by atoms with van der Waals surface area (Å²) >= 11 is 7.22. The lowest BCUT2D eigenvalue weighted by Gasteiger charge is -2.16. The summed E-state index contributed by atoms with van der Waals surface area (Å²) in [6.07, 6.45) is 0. The molecular weight excluding hydrogens is 334 g/mol. The van der Waals surface area contributed by atoms with Crippen molar-refractivity contribution in [2.45, 2.75) is 32.0 Å². The zero-order valence-electron chi connectivity index (χ0n) is 13.3. The number of carbonyl (C=O) groups excluding carboxylic acids is 1. The van der Waals surface area contributed by atoms with Crippen molar-refractivity contribution < 1.29 is 4.79 Å². The Hall–Kier alpha value is -1.73. The van der Waals surface area contributed by atoms with Gasteiger partial charge < -0.3 is 11.2 Å². The molecule has 0 spiro atoms. The van der Waals surface area contributed by atoms with Gasteiger partial charge in [0.05, 0.1) is 5.75 Å². The molecule has 2 rings (SSSR count). The van der Waals surface area contributed by atoms with Crippen LogP contribution < -0.4 is 11.2 Å². The first-order valence-corrected chi connectivity index (χ1v) is 8.63. The number of nitrogen functional groups attached to an aromatic ring is 1. The van der Waals surface area contributed by atoms with E-state index in [1.165, 1.54) is 16.4 Å². The fourth-order valence-corrected chi connectivity index (χ4v) is 2.65. The molecule has 1 aromatic heterocycles. The lowest BCUT2D eigenvalue weighted by molar-refractivity contribution is -0.119. The summed E-state index contributed by atoms with van der Waals surface area (Å²) in [5.41, 5.74) is 0.775. The van der Waals surface area contributed by atoms with Crippen LogP contribution in [0.1, 0.15) is 20.8 Å². The van der Waals surface area contributed by atoms with Crippen molar-refractivity contribution >= 4 is 29.3 Å². The number of halogens is 1. The molecule has 1 unspecified atom stereocenters. The molecule has 2 aromatic rings. The first-order chi connectivity index (χ1) is 10.9. The van der Waals surface area contributed by atoms with Crippen LogP contribution in [0.2, 0.25) is 5.02 Å². The average molecular weight is 354 g/mol. The first-order valence-electron chi connectivity index (χ1n) is 7.27. The standard InChI is InChI=1S/C15H20ClN5OS/c1-9(2)10(3)18-13(22)8-23-15-20-19-14(21(15)17)11-5-4-6-12(16)7-11/h4-7,9-10H,8,17H2,1-3H3,(H,18,22). The summed E-state index contributed by atoms with van der Waals surface area (Å²) in [5, 5.41) is 12.1. The largest absolute Gasteiger partial charge is 0.353 e. The van der Waals surface area contributed by atoms with E-state index in [0.717, 1.165) is 5.56 Å². The van der Waals surface area contributed by atoms with Crippen LogP contribution in [0, 0.1) is 5.92 Å². The topological polar surface area (TPSA) is 85.8 Å². The van der Waals surface area contributed by atoms with E-state index >= 15 is 0 Å². The van der Waals surface area contributed by atoms with Crippen LogP contribution in [0.4, 0.5) is 0 Å². The van der Waals surface area contributed by atoms with E-state index in [1.54, 1.807) is 12.1 Å². The Morgan fingerprint density at radius 1 is 1.39 bits per heavy atom. The lowest BCUT2D eigenvalue weighted by atomic mass is 10.1. The van der Waals surface area contributed by atoms with E-state index in [0.29, 0.717) is 21.9 Å². The Labute approximate surface area is 144 Å². The van der Waals surface area contributed by atoms with E-state index in [9.17, 15) is 4.79 Å². The van der Waals surface area contributed by atoms with Gasteiger partial charge >= 0.3 is 0 Å². The van der Waals surface area contributed by atoms with Gasteiger partial charge in [-0.1, -0.05) is 49.3 Å². The molecule has 6 nitrogen and oxygen atoms in total. The number of amides is 1. The van der Waals surface area contributed by atoms with Crippen LogP contribution in [0.25, 0.3) is 11.4 Å². The Kier molecular flexibility index (Phi) is 5.90. The average Bonchev–Trinajstić information content (AvgIpc) is 2.86. The number of nitrogens with zero attached hydrogens (tertiary/aromatic N) is 3. The van der Waals surface area contributed by atoms with Gasteiger partial charge in [-0.2, -0.15) is 0 Å². The van der Waals surface area contributed by atoms with Crippen LogP contribution in [-0.2, 0) is 4.79 Å². The maximum atomic E-state index is 11.9. The van der Waals surface area contributed by atoms with Crippen molar-refractivity contribution in [2.75, 3.05) is 11.6 Å². The fourth-order valence-electron chi connectivity index (χ4n) is 1.79. The molecule has 0 radical (unpaired) electrons. The summed E-state index contributed by atoms with van der Waals surface area (Å²) in [7, 11) is 0. The van der Waals surface area contributed by atoms with Crippen molar-refractivity contribution in [3.63, 3.8) is 0 Å². The highest BCUT2D eigenvalue weighted by Crippen LogP contribution is 2.23. The number of aromatic nitrogens is 3. The van der Waals surface area contributed by atoms with Gasteiger partial charge in [0.1, 0.15) is 0 Å². The van der Waals surface area contributed by atoms with Gasteiger partial charge in [0.15, 0.2) is 5.82 Å². The quantitative estimate of drug-likeness (QED) is 0.615. The van der Waals surface area contributed by atoms with Crippen molar-refractivity contribution in [1.29, 1.82) is 0 Å². The Morgan fingerprint density at radius 2 is 2.13 bits per heavy atom. The predicted molar refractivity (Wildman–Crippen MR) is 93.8 cm³/mol. The Bertz CT molecular complexity index is 688. The maximum Gasteiger partial charge on any atom is 0.230 e. The number of rotatable bonds is 6. The molecule has 8 heteroatoms. The van der Waals surface area contributed by atoms with Crippen molar-refractivity contribution in [1.82, 2.24) is 20.2 Å². The van der Waals surface area contributed by atoms with E-state index in [2.05, 4.69) is 29.4 Å². The molecule has 0 aliphatic carbocycles. The summed E-state index contributed by atoms with van der Waals surface area (Å²) in [6.45, 7) is 6.10. The molecule has 1 aromatic carbocycles. The third kappa shape index (κ3) is 4.62. The second-order valence-electron chi connectivity index (χ2n) is 5.58. The molecule has 0 aliphatic rings. The van der Waals surface area contributed by atoms with Crippen LogP contribution >= 0.6 is 23.4 Å². The van der Waals surface area contributed by atoms with E-state index in [1.807, 2.05) is 19.1 Å². The van der Waals surface area contributed by atoms with Crippen molar-refractivity contribution in [3.8, 4) is 11.4 Å². The maximum absolute atomic E-state index is 11.9. The number of carbonyl (C=O) groups is 1. The fraction of sp³-hybridized carbons (Fsp3) is 0.400. The number of thioether (sulfide) groups is 1. The molecule has 0 saturated heterocycles. The molecule has 23 heavy (non-hydrogen) atoms. The number of benzene rings is 1. The first kappa shape index (κ1) is 17.6. The molecular formula is C15H20ClN5OS. The van der Waals surface area contributed by atoms with Gasteiger partial charge in [0.25, 0.3) is 0 Å². The second kappa shape index (κ2) is 7.70. The summed E-state index contributed by atoms with van der Waals surface area (Å²) in [6, 6.07) is 7.34.